The van der Waals surface area contributed by atoms with E-state index >= 15 is 4.39 Å². The molecule has 7 heteroatoms. The van der Waals surface area contributed by atoms with Crippen molar-refractivity contribution in [3.05, 3.63) is 47.9 Å². The average molecular weight is 512 g/mol. The molecule has 4 aliphatic rings. The van der Waals surface area contributed by atoms with Gasteiger partial charge in [-0.1, -0.05) is 32.3 Å². The van der Waals surface area contributed by atoms with E-state index in [-0.39, 0.29) is 18.6 Å². The summed E-state index contributed by atoms with van der Waals surface area (Å²) in [5.74, 6) is 0.512. The summed E-state index contributed by atoms with van der Waals surface area (Å²) in [6.07, 6.45) is 11.7. The van der Waals surface area contributed by atoms with Crippen LogP contribution >= 0.6 is 0 Å². The molecule has 1 aromatic rings. The number of cyclic esters (lactones) is 1. The van der Waals surface area contributed by atoms with E-state index < -0.39 is 34.5 Å². The number of fused-ring (bicyclic) bond motifs is 1. The molecule has 1 spiro atoms. The van der Waals surface area contributed by atoms with Gasteiger partial charge >= 0.3 is 5.97 Å². The molecular weight excluding hydrogens is 473 g/mol. The van der Waals surface area contributed by atoms with E-state index in [4.69, 9.17) is 14.2 Å². The maximum Gasteiger partial charge on any atom is 0.306 e. The predicted molar refractivity (Wildman–Crippen MR) is 137 cm³/mol. The van der Waals surface area contributed by atoms with E-state index in [2.05, 4.69) is 18.8 Å². The van der Waals surface area contributed by atoms with Crippen LogP contribution in [-0.4, -0.2) is 34.0 Å². The van der Waals surface area contributed by atoms with Crippen molar-refractivity contribution in [3.63, 3.8) is 0 Å². The van der Waals surface area contributed by atoms with Gasteiger partial charge in [-0.2, -0.15) is 0 Å². The molecule has 0 radical (unpaired) electrons. The third-order valence-electron chi connectivity index (χ3n) is 9.08. The molecule has 37 heavy (non-hydrogen) atoms. The number of halogens is 1. The Balaban J connectivity index is 1.40. The number of epoxide rings is 1. The first-order valence-corrected chi connectivity index (χ1v) is 13.8. The van der Waals surface area contributed by atoms with Gasteiger partial charge in [0.2, 0.25) is 0 Å². The zero-order valence-electron chi connectivity index (χ0n) is 22.0. The molecule has 0 bridgehead atoms. The first-order valence-electron chi connectivity index (χ1n) is 13.8. The Hall–Kier alpha value is -2.54. The van der Waals surface area contributed by atoms with Gasteiger partial charge in [0.05, 0.1) is 11.3 Å². The van der Waals surface area contributed by atoms with Gasteiger partial charge in [-0.25, -0.2) is 4.39 Å². The number of hydrogen-bond donors (Lipinski definition) is 0. The molecule has 1 aliphatic carbocycles. The van der Waals surface area contributed by atoms with Crippen LogP contribution in [0.5, 0.6) is 0 Å². The molecule has 1 aromatic heterocycles. The Morgan fingerprint density at radius 2 is 1.95 bits per heavy atom. The van der Waals surface area contributed by atoms with E-state index in [0.29, 0.717) is 30.9 Å². The maximum atomic E-state index is 15.7. The van der Waals surface area contributed by atoms with Crippen molar-refractivity contribution < 1.29 is 28.2 Å². The molecule has 5 rings (SSSR count). The maximum absolute atomic E-state index is 15.7. The Morgan fingerprint density at radius 3 is 2.62 bits per heavy atom. The second kappa shape index (κ2) is 10.3. The highest BCUT2D eigenvalue weighted by molar-refractivity contribution is 5.86. The fourth-order valence-electron chi connectivity index (χ4n) is 6.24. The van der Waals surface area contributed by atoms with E-state index in [1.807, 2.05) is 0 Å². The van der Waals surface area contributed by atoms with Crippen LogP contribution in [0.2, 0.25) is 0 Å². The topological polar surface area (TPSA) is 81.3 Å². The van der Waals surface area contributed by atoms with E-state index in [9.17, 15) is 9.59 Å². The number of nitrogens with zero attached hydrogens (tertiary/aromatic N) is 1. The fraction of sp³-hybridized carbons (Fsp3) is 0.633. The second-order valence-electron chi connectivity index (χ2n) is 11.8. The Morgan fingerprint density at radius 1 is 1.14 bits per heavy atom. The summed E-state index contributed by atoms with van der Waals surface area (Å²) in [5, 5.41) is 0. The summed E-state index contributed by atoms with van der Waals surface area (Å²) in [7, 11) is 0. The smallest absolute Gasteiger partial charge is 0.306 e. The van der Waals surface area contributed by atoms with Crippen molar-refractivity contribution in [3.8, 4) is 0 Å². The second-order valence-corrected chi connectivity index (χ2v) is 11.8. The first-order chi connectivity index (χ1) is 17.7. The molecule has 0 amide bonds. The molecule has 3 fully saturated rings. The number of hydrogen-bond acceptors (Lipinski definition) is 6. The minimum Gasteiger partial charge on any atom is -0.462 e. The predicted octanol–water partition coefficient (Wildman–Crippen LogP) is 6.60. The van der Waals surface area contributed by atoms with Gasteiger partial charge in [0, 0.05) is 37.3 Å². The van der Waals surface area contributed by atoms with Gasteiger partial charge in [0.25, 0.3) is 0 Å². The van der Waals surface area contributed by atoms with Crippen LogP contribution in [0.4, 0.5) is 4.39 Å². The van der Waals surface area contributed by atoms with Gasteiger partial charge in [0.1, 0.15) is 29.2 Å². The van der Waals surface area contributed by atoms with Crippen LogP contribution < -0.4 is 0 Å². The number of esters is 1. The average Bonchev–Trinajstić information content (AvgIpc) is 3.75. The van der Waals surface area contributed by atoms with Crippen LogP contribution in [0, 0.1) is 11.3 Å². The number of carbonyl (C=O) groups excluding carboxylic acids is 2. The minimum atomic E-state index is -1.10. The molecule has 200 valence electrons. The minimum absolute atomic E-state index is 0.105. The Kier molecular flexibility index (Phi) is 7.27. The van der Waals surface area contributed by atoms with Crippen molar-refractivity contribution in [2.24, 2.45) is 11.3 Å². The third kappa shape index (κ3) is 5.82. The van der Waals surface area contributed by atoms with Crippen molar-refractivity contribution >= 4 is 17.8 Å². The van der Waals surface area contributed by atoms with Gasteiger partial charge in [0.15, 0.2) is 6.10 Å². The number of carbonyl (C=O) groups is 2. The number of ketones is 1. The molecule has 4 heterocycles. The summed E-state index contributed by atoms with van der Waals surface area (Å²) in [6, 6.07) is 5.26. The quantitative estimate of drug-likeness (QED) is 0.334. The summed E-state index contributed by atoms with van der Waals surface area (Å²) in [5.41, 5.74) is -1.08. The van der Waals surface area contributed by atoms with Crippen LogP contribution in [0.1, 0.15) is 96.6 Å². The van der Waals surface area contributed by atoms with Gasteiger partial charge < -0.3 is 14.2 Å². The highest BCUT2D eigenvalue weighted by Crippen LogP contribution is 2.59. The number of rotatable bonds is 4. The number of ether oxygens (including phenoxy) is 3. The monoisotopic (exact) mass is 511 g/mol. The number of pyridine rings is 1. The fourth-order valence-corrected chi connectivity index (χ4v) is 6.24. The largest absolute Gasteiger partial charge is 0.462 e. The molecule has 4 atom stereocenters. The molecule has 3 aliphatic heterocycles. The van der Waals surface area contributed by atoms with Gasteiger partial charge in [-0.05, 0) is 63.2 Å². The molecular formula is C30H38FNO5. The van der Waals surface area contributed by atoms with Gasteiger partial charge in [-0.3, -0.25) is 14.6 Å². The SMILES string of the molecule is CC1CCCC2(C)OC2(CC2=CO2)CC(/C(F)=C/c2ccccn2)OC(=O)CCC2(CCC2)C(=O)CC1. The van der Waals surface area contributed by atoms with E-state index in [0.717, 1.165) is 50.7 Å². The van der Waals surface area contributed by atoms with E-state index in [1.54, 1.807) is 30.7 Å². The standard InChI is InChI=1S/C30H38FNO5/c1-21-7-5-12-28(2)30(37-28,18-23-20-35-23)19-25(24(31)17-22-8-3-4-16-32-22)36-27(34)11-15-29(13-6-14-29)26(33)10-9-21/h3-4,8,16-17,20-21,25H,5-7,9-15,18-19H2,1-2H3/b24-17-. The number of aromatic nitrogens is 1. The van der Waals surface area contributed by atoms with Crippen molar-refractivity contribution in [2.75, 3.05) is 0 Å². The molecule has 4 unspecified atom stereocenters. The molecule has 0 aromatic carbocycles. The highest BCUT2D eigenvalue weighted by Gasteiger charge is 2.67. The zero-order chi connectivity index (χ0) is 26.1. The summed E-state index contributed by atoms with van der Waals surface area (Å²) in [6.45, 7) is 4.27. The lowest BCUT2D eigenvalue weighted by Crippen LogP contribution is -2.39. The zero-order valence-corrected chi connectivity index (χ0v) is 22.0. The molecule has 1 saturated carbocycles. The van der Waals surface area contributed by atoms with Crippen molar-refractivity contribution in [1.82, 2.24) is 4.98 Å². The van der Waals surface area contributed by atoms with Crippen LogP contribution in [0.25, 0.3) is 6.08 Å². The Labute approximate surface area is 218 Å². The first kappa shape index (κ1) is 26.1. The van der Waals surface area contributed by atoms with Crippen molar-refractivity contribution in [2.45, 2.75) is 108 Å². The summed E-state index contributed by atoms with van der Waals surface area (Å²) in [4.78, 5) is 30.4. The molecule has 0 N–H and O–H groups in total. The molecule has 6 nitrogen and oxygen atoms in total. The summed E-state index contributed by atoms with van der Waals surface area (Å²) >= 11 is 0. The van der Waals surface area contributed by atoms with Crippen LogP contribution in [0.15, 0.2) is 42.2 Å². The van der Waals surface area contributed by atoms with Crippen molar-refractivity contribution in [1.29, 1.82) is 0 Å². The summed E-state index contributed by atoms with van der Waals surface area (Å²) < 4.78 is 33.2. The Bertz CT molecular complexity index is 1080. The third-order valence-corrected chi connectivity index (χ3v) is 9.08. The highest BCUT2D eigenvalue weighted by atomic mass is 19.1. The molecule has 2 saturated heterocycles. The normalized spacial score (nSPS) is 34.5. The van der Waals surface area contributed by atoms with Crippen LogP contribution in [0.3, 0.4) is 0 Å². The lowest BCUT2D eigenvalue weighted by molar-refractivity contribution is -0.150. The van der Waals surface area contributed by atoms with Crippen LogP contribution in [-0.2, 0) is 23.8 Å². The lowest BCUT2D eigenvalue weighted by atomic mass is 9.62. The van der Waals surface area contributed by atoms with Gasteiger partial charge in [-0.15, -0.1) is 0 Å². The lowest BCUT2D eigenvalue weighted by Gasteiger charge is -2.40. The number of Topliss-reactive ketones (excluding diaryl/α,β-unsaturated/α-hetero) is 1. The van der Waals surface area contributed by atoms with E-state index in [1.165, 1.54) is 6.08 Å².